The third-order valence-electron chi connectivity index (χ3n) is 1.12. The summed E-state index contributed by atoms with van der Waals surface area (Å²) in [7, 11) is -9.88. The van der Waals surface area contributed by atoms with Crippen LogP contribution in [0.2, 0.25) is 0 Å². The van der Waals surface area contributed by atoms with E-state index in [1.54, 1.807) is 6.92 Å². The molecule has 0 aliphatic carbocycles. The highest BCUT2D eigenvalue weighted by Gasteiger charge is 2.41. The van der Waals surface area contributed by atoms with Gasteiger partial charge in [-0.3, -0.25) is 4.52 Å². The molecule has 0 amide bonds. The van der Waals surface area contributed by atoms with Gasteiger partial charge in [0, 0.05) is 0 Å². The third kappa shape index (κ3) is 4.72. The number of hydrogen-bond donors (Lipinski definition) is 3. The average molecular weight is 230 g/mol. The highest BCUT2D eigenvalue weighted by atomic mass is 32.1. The topological polar surface area (TPSA) is 104 Å². The second-order valence-electron chi connectivity index (χ2n) is 2.54. The zero-order valence-electron chi connectivity index (χ0n) is 7.08. The van der Waals surface area contributed by atoms with Gasteiger partial charge in [0.2, 0.25) is 0 Å². The molecule has 13 heavy (non-hydrogen) atoms. The SMILES string of the molecule is C=C(C)CCOP(=O)(O)P(=O)(O)O. The Bertz CT molecular complexity index is 279. The zero-order valence-corrected chi connectivity index (χ0v) is 8.87. The molecule has 8 heteroatoms. The van der Waals surface area contributed by atoms with Crippen molar-refractivity contribution in [3.05, 3.63) is 12.2 Å². The molecule has 0 spiro atoms. The lowest BCUT2D eigenvalue weighted by Crippen LogP contribution is -1.94. The van der Waals surface area contributed by atoms with Crippen molar-refractivity contribution >= 4 is 14.6 Å². The van der Waals surface area contributed by atoms with Crippen LogP contribution in [0.1, 0.15) is 13.3 Å². The normalized spacial score (nSPS) is 16.6. The van der Waals surface area contributed by atoms with Crippen LogP contribution >= 0.6 is 14.6 Å². The van der Waals surface area contributed by atoms with Crippen LogP contribution in [0.3, 0.4) is 0 Å². The summed E-state index contributed by atoms with van der Waals surface area (Å²) in [6.07, 6.45) is 0.282. The predicted octanol–water partition coefficient (Wildman–Crippen LogP) is 1.25. The standard InChI is InChI=1S/C5H12O6P2/c1-5(2)3-4-11-13(9,10)12(6,7)8/h1,3-4H2,2H3,(H,9,10)(H2,6,7,8). The first-order valence-corrected chi connectivity index (χ1v) is 7.24. The summed E-state index contributed by atoms with van der Waals surface area (Å²) in [4.78, 5) is 25.4. The van der Waals surface area contributed by atoms with Gasteiger partial charge in [0.25, 0.3) is 0 Å². The van der Waals surface area contributed by atoms with Gasteiger partial charge in [-0.25, -0.2) is 9.13 Å². The van der Waals surface area contributed by atoms with Crippen LogP contribution in [0.5, 0.6) is 0 Å². The van der Waals surface area contributed by atoms with Crippen LogP contribution in [-0.4, -0.2) is 21.3 Å². The Hall–Kier alpha value is 0.0400. The highest BCUT2D eigenvalue weighted by molar-refractivity contribution is 8.26. The molecule has 0 aliphatic rings. The van der Waals surface area contributed by atoms with E-state index in [1.807, 2.05) is 0 Å². The van der Waals surface area contributed by atoms with E-state index in [2.05, 4.69) is 11.1 Å². The maximum Gasteiger partial charge on any atom is 0.438 e. The average Bonchev–Trinajstić information content (AvgIpc) is 1.82. The van der Waals surface area contributed by atoms with Crippen LogP contribution in [-0.2, 0) is 13.7 Å². The summed E-state index contributed by atoms with van der Waals surface area (Å²) in [5.41, 5.74) is 0.700. The van der Waals surface area contributed by atoms with Crippen LogP contribution in [0.4, 0.5) is 0 Å². The lowest BCUT2D eigenvalue weighted by Gasteiger charge is -2.12. The molecule has 0 rings (SSSR count). The molecule has 0 aromatic rings. The van der Waals surface area contributed by atoms with Gasteiger partial charge in [0.15, 0.2) is 0 Å². The van der Waals surface area contributed by atoms with Crippen molar-refractivity contribution in [1.29, 1.82) is 0 Å². The predicted molar refractivity (Wildman–Crippen MR) is 47.3 cm³/mol. The molecule has 6 nitrogen and oxygen atoms in total. The fourth-order valence-corrected chi connectivity index (χ4v) is 1.59. The maximum atomic E-state index is 10.8. The van der Waals surface area contributed by atoms with Crippen molar-refractivity contribution in [2.75, 3.05) is 6.61 Å². The van der Waals surface area contributed by atoms with Gasteiger partial charge < -0.3 is 14.7 Å². The molecule has 0 aromatic heterocycles. The summed E-state index contributed by atoms with van der Waals surface area (Å²) in [6.45, 7) is 4.93. The Morgan fingerprint density at radius 3 is 2.15 bits per heavy atom. The van der Waals surface area contributed by atoms with Crippen LogP contribution < -0.4 is 0 Å². The van der Waals surface area contributed by atoms with E-state index in [0.717, 1.165) is 0 Å². The van der Waals surface area contributed by atoms with E-state index in [-0.39, 0.29) is 13.0 Å². The Morgan fingerprint density at radius 2 is 1.85 bits per heavy atom. The van der Waals surface area contributed by atoms with Gasteiger partial charge in [-0.15, -0.1) is 6.58 Å². The number of hydrogen-bond acceptors (Lipinski definition) is 3. The maximum absolute atomic E-state index is 10.8. The molecule has 1 atom stereocenters. The largest absolute Gasteiger partial charge is 0.438 e. The second kappa shape index (κ2) is 4.51. The molecule has 0 aromatic carbocycles. The van der Waals surface area contributed by atoms with Gasteiger partial charge in [-0.1, -0.05) is 5.57 Å². The van der Waals surface area contributed by atoms with Crippen LogP contribution in [0.15, 0.2) is 12.2 Å². The Balaban J connectivity index is 4.14. The van der Waals surface area contributed by atoms with Crippen molar-refractivity contribution in [2.24, 2.45) is 0 Å². The Kier molecular flexibility index (Phi) is 4.52. The summed E-state index contributed by atoms with van der Waals surface area (Å²) in [5, 5.41) is 0. The van der Waals surface area contributed by atoms with E-state index < -0.39 is 14.6 Å². The molecule has 0 radical (unpaired) electrons. The lowest BCUT2D eigenvalue weighted by atomic mass is 10.3. The van der Waals surface area contributed by atoms with Crippen molar-refractivity contribution in [3.63, 3.8) is 0 Å². The fourth-order valence-electron chi connectivity index (χ4n) is 0.414. The molecule has 1 unspecified atom stereocenters. The zero-order chi connectivity index (χ0) is 10.7. The van der Waals surface area contributed by atoms with Crippen LogP contribution in [0.25, 0.3) is 0 Å². The number of rotatable bonds is 5. The Labute approximate surface area is 75.8 Å². The molecular formula is C5H12O6P2. The minimum Gasteiger partial charge on any atom is -0.316 e. The fraction of sp³-hybridized carbons (Fsp3) is 0.600. The van der Waals surface area contributed by atoms with Gasteiger partial charge in [0.05, 0.1) is 6.61 Å². The molecule has 0 heterocycles. The van der Waals surface area contributed by atoms with Gasteiger partial charge in [-0.2, -0.15) is 0 Å². The van der Waals surface area contributed by atoms with E-state index in [9.17, 15) is 9.13 Å². The summed E-state index contributed by atoms with van der Waals surface area (Å²) < 4.78 is 25.3. The summed E-state index contributed by atoms with van der Waals surface area (Å²) in [5.74, 6) is 0. The van der Waals surface area contributed by atoms with Crippen molar-refractivity contribution in [1.82, 2.24) is 0 Å². The minimum absolute atomic E-state index is 0.228. The van der Waals surface area contributed by atoms with E-state index >= 15 is 0 Å². The molecule has 0 fully saturated rings. The molecular weight excluding hydrogens is 218 g/mol. The summed E-state index contributed by atoms with van der Waals surface area (Å²) in [6, 6.07) is 0. The molecule has 0 saturated carbocycles. The molecule has 3 N–H and O–H groups in total. The molecule has 0 saturated heterocycles. The van der Waals surface area contributed by atoms with Crippen molar-refractivity contribution < 1.29 is 28.3 Å². The third-order valence-corrected chi connectivity index (χ3v) is 4.62. The van der Waals surface area contributed by atoms with Crippen LogP contribution in [0, 0.1) is 0 Å². The van der Waals surface area contributed by atoms with E-state index in [0.29, 0.717) is 5.57 Å². The first-order valence-electron chi connectivity index (χ1n) is 3.34. The minimum atomic E-state index is -5.07. The first-order chi connectivity index (χ1) is 5.67. The first kappa shape index (κ1) is 13.0. The van der Waals surface area contributed by atoms with E-state index in [1.165, 1.54) is 0 Å². The van der Waals surface area contributed by atoms with Gasteiger partial charge >= 0.3 is 14.6 Å². The second-order valence-corrected chi connectivity index (χ2v) is 7.89. The smallest absolute Gasteiger partial charge is 0.316 e. The van der Waals surface area contributed by atoms with Crippen molar-refractivity contribution in [3.8, 4) is 0 Å². The molecule has 0 aliphatic heterocycles. The highest BCUT2D eigenvalue weighted by Crippen LogP contribution is 2.74. The van der Waals surface area contributed by atoms with Gasteiger partial charge in [0.1, 0.15) is 0 Å². The van der Waals surface area contributed by atoms with Crippen molar-refractivity contribution in [2.45, 2.75) is 13.3 Å². The monoisotopic (exact) mass is 230 g/mol. The van der Waals surface area contributed by atoms with Gasteiger partial charge in [-0.05, 0) is 13.3 Å². The molecule has 0 bridgehead atoms. The quantitative estimate of drug-likeness (QED) is 0.485. The van der Waals surface area contributed by atoms with E-state index in [4.69, 9.17) is 14.7 Å². The summed E-state index contributed by atoms with van der Waals surface area (Å²) >= 11 is 0. The Morgan fingerprint density at radius 1 is 1.38 bits per heavy atom. The molecule has 78 valence electrons. The lowest BCUT2D eigenvalue weighted by molar-refractivity contribution is 0.261.